The highest BCUT2D eigenvalue weighted by Crippen LogP contribution is 2.26. The Bertz CT molecular complexity index is 1230. The number of ketones is 1. The first-order valence-corrected chi connectivity index (χ1v) is 11.6. The van der Waals surface area contributed by atoms with Crippen molar-refractivity contribution < 1.29 is 14.6 Å². The van der Waals surface area contributed by atoms with E-state index in [0.29, 0.717) is 41.6 Å². The van der Waals surface area contributed by atoms with Gasteiger partial charge < -0.3 is 25.0 Å². The highest BCUT2D eigenvalue weighted by atomic mass is 16.5. The molecule has 4 rings (SSSR count). The zero-order chi connectivity index (χ0) is 24.3. The summed E-state index contributed by atoms with van der Waals surface area (Å²) in [4.78, 5) is 30.7. The lowest BCUT2D eigenvalue weighted by atomic mass is 9.87. The summed E-state index contributed by atoms with van der Waals surface area (Å²) in [5.74, 6) is 0.957. The fourth-order valence-corrected chi connectivity index (χ4v) is 4.04. The van der Waals surface area contributed by atoms with Gasteiger partial charge in [0.25, 0.3) is 5.56 Å². The predicted octanol–water partition coefficient (Wildman–Crippen LogP) is 3.01. The monoisotopic (exact) mass is 468 g/mol. The van der Waals surface area contributed by atoms with Crippen molar-refractivity contribution in [2.75, 3.05) is 37.5 Å². The van der Waals surface area contributed by atoms with Crippen LogP contribution in [0.4, 0.5) is 17.3 Å². The van der Waals surface area contributed by atoms with E-state index in [9.17, 15) is 14.7 Å². The number of carbonyl (C=O) groups is 1. The fourth-order valence-electron chi connectivity index (χ4n) is 4.04. The third-order valence-electron chi connectivity index (χ3n) is 6.25. The van der Waals surface area contributed by atoms with Crippen LogP contribution < -0.4 is 16.2 Å². The molecule has 1 saturated heterocycles. The summed E-state index contributed by atoms with van der Waals surface area (Å²) in [6.45, 7) is 5.09. The Balaban J connectivity index is 1.64. The first kappa shape index (κ1) is 23.9. The summed E-state index contributed by atoms with van der Waals surface area (Å²) in [7, 11) is 1.75. The normalized spacial score (nSPS) is 16.5. The minimum absolute atomic E-state index is 0.00679. The smallest absolute Gasteiger partial charge is 0.274 e. The van der Waals surface area contributed by atoms with Crippen LogP contribution in [0.25, 0.3) is 5.65 Å². The molecule has 34 heavy (non-hydrogen) atoms. The molecule has 3 aromatic heterocycles. The number of fused-ring (bicyclic) bond motifs is 1. The Morgan fingerprint density at radius 2 is 2.21 bits per heavy atom. The number of pyridine rings is 1. The van der Waals surface area contributed by atoms with E-state index in [1.54, 1.807) is 34.5 Å². The second-order valence-electron chi connectivity index (χ2n) is 9.45. The van der Waals surface area contributed by atoms with E-state index in [2.05, 4.69) is 20.7 Å². The van der Waals surface area contributed by atoms with E-state index in [0.717, 1.165) is 19.4 Å². The summed E-state index contributed by atoms with van der Waals surface area (Å²) < 4.78 is 8.82. The first-order valence-electron chi connectivity index (χ1n) is 11.6. The van der Waals surface area contributed by atoms with Gasteiger partial charge in [-0.1, -0.05) is 13.8 Å². The standard InChI is InChI=1S/C24H32N6O4/c1-24(2,15-31)9-8-19(32)17-13-26-30-21(25-3)12-20(28-22(17)30)27-18-7-4-10-29(23(18)33)16-6-5-11-34-14-16/h4,7,10,12-13,16,25,31H,5-6,8-9,11,14-15H2,1-3H3,(H,27,28)/t16-/m0/s1. The molecule has 0 aliphatic carbocycles. The number of carbonyl (C=O) groups excluding carboxylic acids is 1. The maximum Gasteiger partial charge on any atom is 0.274 e. The van der Waals surface area contributed by atoms with E-state index in [1.807, 2.05) is 19.9 Å². The molecule has 0 radical (unpaired) electrons. The second-order valence-corrected chi connectivity index (χ2v) is 9.45. The van der Waals surface area contributed by atoms with Crippen molar-refractivity contribution in [1.82, 2.24) is 19.2 Å². The van der Waals surface area contributed by atoms with E-state index >= 15 is 0 Å². The molecule has 0 saturated carbocycles. The number of anilines is 3. The number of aliphatic hydroxyl groups is 1. The van der Waals surface area contributed by atoms with Crippen LogP contribution >= 0.6 is 0 Å². The van der Waals surface area contributed by atoms with E-state index in [1.165, 1.54) is 6.20 Å². The van der Waals surface area contributed by atoms with Crippen molar-refractivity contribution in [2.24, 2.45) is 5.41 Å². The minimum atomic E-state index is -0.342. The predicted molar refractivity (Wildman–Crippen MR) is 130 cm³/mol. The van der Waals surface area contributed by atoms with Gasteiger partial charge in [-0.3, -0.25) is 9.59 Å². The van der Waals surface area contributed by atoms with E-state index < -0.39 is 0 Å². The SMILES string of the molecule is CNc1cc(Nc2cccn([C@H]3CCCOC3)c2=O)nc2c(C(=O)CCC(C)(C)CO)cnn12. The van der Waals surface area contributed by atoms with Crippen molar-refractivity contribution in [3.8, 4) is 0 Å². The lowest BCUT2D eigenvalue weighted by Gasteiger charge is -2.24. The molecule has 182 valence electrons. The second kappa shape index (κ2) is 9.94. The molecule has 0 aromatic carbocycles. The Morgan fingerprint density at radius 1 is 1.38 bits per heavy atom. The van der Waals surface area contributed by atoms with Gasteiger partial charge in [0.15, 0.2) is 11.4 Å². The van der Waals surface area contributed by atoms with Crippen molar-refractivity contribution >= 4 is 28.8 Å². The van der Waals surface area contributed by atoms with Gasteiger partial charge >= 0.3 is 0 Å². The molecule has 0 spiro atoms. The Morgan fingerprint density at radius 3 is 2.91 bits per heavy atom. The lowest BCUT2D eigenvalue weighted by molar-refractivity contribution is 0.0581. The molecule has 1 fully saturated rings. The molecule has 1 aliphatic rings. The third-order valence-corrected chi connectivity index (χ3v) is 6.25. The van der Waals surface area contributed by atoms with Crippen LogP contribution in [0.5, 0.6) is 0 Å². The minimum Gasteiger partial charge on any atom is -0.396 e. The number of hydrogen-bond donors (Lipinski definition) is 3. The maximum absolute atomic E-state index is 13.1. The van der Waals surface area contributed by atoms with Gasteiger partial charge in [-0.05, 0) is 36.8 Å². The number of ether oxygens (including phenoxy) is 1. The first-order chi connectivity index (χ1) is 16.3. The van der Waals surface area contributed by atoms with E-state index in [4.69, 9.17) is 4.74 Å². The number of nitrogens with one attached hydrogen (secondary N) is 2. The van der Waals surface area contributed by atoms with Crippen LogP contribution in [0.2, 0.25) is 0 Å². The van der Waals surface area contributed by atoms with Crippen molar-refractivity contribution in [1.29, 1.82) is 0 Å². The highest BCUT2D eigenvalue weighted by molar-refractivity contribution is 6.01. The summed E-state index contributed by atoms with van der Waals surface area (Å²) in [6, 6.07) is 5.29. The van der Waals surface area contributed by atoms with Gasteiger partial charge in [0.2, 0.25) is 0 Å². The third kappa shape index (κ3) is 4.97. The van der Waals surface area contributed by atoms with Gasteiger partial charge in [-0.15, -0.1) is 0 Å². The topological polar surface area (TPSA) is 123 Å². The fraction of sp³-hybridized carbons (Fsp3) is 0.500. The Labute approximate surface area is 198 Å². The number of aromatic nitrogens is 4. The molecule has 3 N–H and O–H groups in total. The number of aliphatic hydroxyl groups excluding tert-OH is 1. The molecule has 10 heteroatoms. The average Bonchev–Trinajstić information content (AvgIpc) is 3.28. The molecule has 4 heterocycles. The van der Waals surface area contributed by atoms with Crippen molar-refractivity contribution in [3.05, 3.63) is 46.5 Å². The van der Waals surface area contributed by atoms with Gasteiger partial charge in [0.1, 0.15) is 17.3 Å². The summed E-state index contributed by atoms with van der Waals surface area (Å²) in [5.41, 5.74) is 0.702. The lowest BCUT2D eigenvalue weighted by Crippen LogP contribution is -2.31. The van der Waals surface area contributed by atoms with Crippen LogP contribution in [0.1, 0.15) is 55.9 Å². The molecular weight excluding hydrogens is 436 g/mol. The molecule has 3 aromatic rings. The Kier molecular flexibility index (Phi) is 6.99. The van der Waals surface area contributed by atoms with Gasteiger partial charge in [-0.2, -0.15) is 9.61 Å². The van der Waals surface area contributed by atoms with Gasteiger partial charge in [0.05, 0.1) is 24.4 Å². The van der Waals surface area contributed by atoms with E-state index in [-0.39, 0.29) is 35.8 Å². The highest BCUT2D eigenvalue weighted by Gasteiger charge is 2.22. The summed E-state index contributed by atoms with van der Waals surface area (Å²) in [5, 5.41) is 20.0. The number of Topliss-reactive ketones (excluding diaryl/α,β-unsaturated/α-hetero) is 1. The quantitative estimate of drug-likeness (QED) is 0.410. The average molecular weight is 469 g/mol. The zero-order valence-corrected chi connectivity index (χ0v) is 19.9. The zero-order valence-electron chi connectivity index (χ0n) is 19.9. The largest absolute Gasteiger partial charge is 0.396 e. The molecular formula is C24H32N6O4. The molecule has 0 amide bonds. The Hall–Kier alpha value is -3.24. The van der Waals surface area contributed by atoms with Crippen LogP contribution in [0, 0.1) is 5.41 Å². The molecule has 1 aliphatic heterocycles. The molecule has 10 nitrogen and oxygen atoms in total. The van der Waals surface area contributed by atoms with Crippen molar-refractivity contribution in [3.63, 3.8) is 0 Å². The molecule has 0 bridgehead atoms. The number of rotatable bonds is 9. The van der Waals surface area contributed by atoms with Crippen LogP contribution in [0.3, 0.4) is 0 Å². The number of hydrogen-bond acceptors (Lipinski definition) is 8. The number of nitrogens with zero attached hydrogens (tertiary/aromatic N) is 4. The van der Waals surface area contributed by atoms with Gasteiger partial charge in [0, 0.05) is 38.9 Å². The summed E-state index contributed by atoms with van der Waals surface area (Å²) >= 11 is 0. The van der Waals surface area contributed by atoms with Crippen molar-refractivity contribution in [2.45, 2.75) is 45.6 Å². The van der Waals surface area contributed by atoms with Gasteiger partial charge in [-0.25, -0.2) is 4.98 Å². The molecule has 0 unspecified atom stereocenters. The summed E-state index contributed by atoms with van der Waals surface area (Å²) in [6.07, 6.45) is 5.93. The van der Waals surface area contributed by atoms with Crippen LogP contribution in [-0.4, -0.2) is 56.9 Å². The maximum atomic E-state index is 13.1. The molecule has 1 atom stereocenters. The van der Waals surface area contributed by atoms with Crippen LogP contribution in [0.15, 0.2) is 35.4 Å². The van der Waals surface area contributed by atoms with Crippen LogP contribution in [-0.2, 0) is 4.74 Å².